The molecule has 66 valence electrons. The normalized spacial score (nSPS) is 10.8. The van der Waals surface area contributed by atoms with Crippen molar-refractivity contribution in [2.45, 2.75) is 19.8 Å². The maximum atomic E-state index is 12.8. The Morgan fingerprint density at radius 2 is 2.00 bits per heavy atom. The third-order valence-corrected chi connectivity index (χ3v) is 1.70. The highest BCUT2D eigenvalue weighted by molar-refractivity contribution is 5.25. The summed E-state index contributed by atoms with van der Waals surface area (Å²) in [5.74, 6) is -0.415. The average molecular weight is 174 g/mol. The molecule has 1 rings (SSSR count). The number of alkyl halides is 2. The highest BCUT2D eigenvalue weighted by atomic mass is 19.3. The standard InChI is InChI=1S/C9H9F3/c1-2-6-5-7(9(11)12)3-4-8(6)10/h3-5,9H,2H2,1H3. The molecule has 1 aromatic rings. The number of halogens is 3. The summed E-state index contributed by atoms with van der Waals surface area (Å²) in [6.07, 6.45) is -2.08. The zero-order valence-corrected chi connectivity index (χ0v) is 6.65. The Labute approximate surface area is 69.0 Å². The minimum atomic E-state index is -2.52. The second-order valence-corrected chi connectivity index (χ2v) is 2.51. The van der Waals surface area contributed by atoms with Crippen LogP contribution in [0.2, 0.25) is 0 Å². The van der Waals surface area contributed by atoms with Gasteiger partial charge in [-0.1, -0.05) is 13.0 Å². The molecule has 0 unspecified atom stereocenters. The van der Waals surface area contributed by atoms with Crippen LogP contribution in [-0.4, -0.2) is 0 Å². The van der Waals surface area contributed by atoms with Crippen LogP contribution in [0.25, 0.3) is 0 Å². The van der Waals surface area contributed by atoms with Crippen molar-refractivity contribution in [3.63, 3.8) is 0 Å². The van der Waals surface area contributed by atoms with Crippen LogP contribution in [0.4, 0.5) is 13.2 Å². The Morgan fingerprint density at radius 3 is 2.50 bits per heavy atom. The summed E-state index contributed by atoms with van der Waals surface area (Å²) in [6, 6.07) is 3.40. The van der Waals surface area contributed by atoms with E-state index < -0.39 is 12.2 Å². The molecular weight excluding hydrogens is 165 g/mol. The first-order valence-electron chi connectivity index (χ1n) is 3.71. The molecule has 0 fully saturated rings. The van der Waals surface area contributed by atoms with Gasteiger partial charge >= 0.3 is 0 Å². The van der Waals surface area contributed by atoms with E-state index in [4.69, 9.17) is 0 Å². The Kier molecular flexibility index (Phi) is 2.74. The molecule has 0 atom stereocenters. The van der Waals surface area contributed by atoms with E-state index in [-0.39, 0.29) is 5.56 Å². The summed E-state index contributed by atoms with van der Waals surface area (Å²) in [7, 11) is 0. The molecule has 0 saturated heterocycles. The van der Waals surface area contributed by atoms with Gasteiger partial charge in [0.2, 0.25) is 0 Å². The van der Waals surface area contributed by atoms with Crippen LogP contribution in [0, 0.1) is 5.82 Å². The van der Waals surface area contributed by atoms with Crippen molar-refractivity contribution in [3.05, 3.63) is 35.1 Å². The number of hydrogen-bond donors (Lipinski definition) is 0. The molecular formula is C9H9F3. The van der Waals surface area contributed by atoms with Crippen molar-refractivity contribution in [3.8, 4) is 0 Å². The predicted octanol–water partition coefficient (Wildman–Crippen LogP) is 3.33. The van der Waals surface area contributed by atoms with Gasteiger partial charge in [-0.2, -0.15) is 0 Å². The maximum absolute atomic E-state index is 12.8. The van der Waals surface area contributed by atoms with Gasteiger partial charge in [-0.25, -0.2) is 13.2 Å². The van der Waals surface area contributed by atoms with Crippen molar-refractivity contribution in [1.82, 2.24) is 0 Å². The van der Waals surface area contributed by atoms with E-state index in [0.717, 1.165) is 12.1 Å². The van der Waals surface area contributed by atoms with Crippen LogP contribution in [-0.2, 0) is 6.42 Å². The fraction of sp³-hybridized carbons (Fsp3) is 0.333. The van der Waals surface area contributed by atoms with E-state index in [2.05, 4.69) is 0 Å². The lowest BCUT2D eigenvalue weighted by Gasteiger charge is -2.03. The molecule has 3 heteroatoms. The van der Waals surface area contributed by atoms with Crippen molar-refractivity contribution < 1.29 is 13.2 Å². The van der Waals surface area contributed by atoms with E-state index in [1.807, 2.05) is 0 Å². The number of benzene rings is 1. The molecule has 0 saturated carbocycles. The predicted molar refractivity (Wildman–Crippen MR) is 40.7 cm³/mol. The first-order valence-corrected chi connectivity index (χ1v) is 3.71. The van der Waals surface area contributed by atoms with Gasteiger partial charge in [0.1, 0.15) is 5.82 Å². The van der Waals surface area contributed by atoms with Crippen molar-refractivity contribution in [2.24, 2.45) is 0 Å². The maximum Gasteiger partial charge on any atom is 0.263 e. The average Bonchev–Trinajstić information content (AvgIpc) is 2.05. The minimum absolute atomic E-state index is 0.117. The van der Waals surface area contributed by atoms with E-state index >= 15 is 0 Å². The lowest BCUT2D eigenvalue weighted by atomic mass is 10.1. The highest BCUT2D eigenvalue weighted by Crippen LogP contribution is 2.21. The van der Waals surface area contributed by atoms with Gasteiger partial charge in [0.25, 0.3) is 6.43 Å². The molecule has 0 N–H and O–H groups in total. The van der Waals surface area contributed by atoms with Gasteiger partial charge < -0.3 is 0 Å². The third-order valence-electron chi connectivity index (χ3n) is 1.70. The summed E-state index contributed by atoms with van der Waals surface area (Å²) in [4.78, 5) is 0. The van der Waals surface area contributed by atoms with Crippen LogP contribution in [0.15, 0.2) is 18.2 Å². The first kappa shape index (κ1) is 9.10. The Balaban J connectivity index is 3.05. The Bertz CT molecular complexity index is 268. The topological polar surface area (TPSA) is 0 Å². The zero-order valence-electron chi connectivity index (χ0n) is 6.65. The second kappa shape index (κ2) is 3.61. The first-order chi connectivity index (χ1) is 5.65. The largest absolute Gasteiger partial charge is 0.263 e. The smallest absolute Gasteiger partial charge is 0.207 e. The number of aryl methyl sites for hydroxylation is 1. The van der Waals surface area contributed by atoms with Crippen molar-refractivity contribution in [2.75, 3.05) is 0 Å². The fourth-order valence-corrected chi connectivity index (χ4v) is 1.00. The molecule has 0 heterocycles. The lowest BCUT2D eigenvalue weighted by Crippen LogP contribution is -1.91. The van der Waals surface area contributed by atoms with Gasteiger partial charge in [0, 0.05) is 5.56 Å². The van der Waals surface area contributed by atoms with Crippen LogP contribution in [0.1, 0.15) is 24.5 Å². The van der Waals surface area contributed by atoms with E-state index in [1.54, 1.807) is 6.92 Å². The van der Waals surface area contributed by atoms with Gasteiger partial charge in [0.05, 0.1) is 0 Å². The molecule has 0 amide bonds. The van der Waals surface area contributed by atoms with Crippen molar-refractivity contribution in [1.29, 1.82) is 0 Å². The molecule has 0 bridgehead atoms. The molecule has 0 nitrogen and oxygen atoms in total. The van der Waals surface area contributed by atoms with E-state index in [1.165, 1.54) is 6.07 Å². The Hall–Kier alpha value is -0.990. The van der Waals surface area contributed by atoms with E-state index in [9.17, 15) is 13.2 Å². The monoisotopic (exact) mass is 174 g/mol. The minimum Gasteiger partial charge on any atom is -0.207 e. The van der Waals surface area contributed by atoms with Gasteiger partial charge in [0.15, 0.2) is 0 Å². The number of hydrogen-bond acceptors (Lipinski definition) is 0. The van der Waals surface area contributed by atoms with Crippen LogP contribution in [0.3, 0.4) is 0 Å². The SMILES string of the molecule is CCc1cc(C(F)F)ccc1F. The molecule has 0 radical (unpaired) electrons. The molecule has 12 heavy (non-hydrogen) atoms. The summed E-state index contributed by atoms with van der Waals surface area (Å²) >= 11 is 0. The van der Waals surface area contributed by atoms with E-state index in [0.29, 0.717) is 12.0 Å². The van der Waals surface area contributed by atoms with Crippen LogP contribution < -0.4 is 0 Å². The van der Waals surface area contributed by atoms with Crippen molar-refractivity contribution >= 4 is 0 Å². The summed E-state index contributed by atoms with van der Waals surface area (Å²) < 4.78 is 37.0. The molecule has 0 aliphatic heterocycles. The van der Waals surface area contributed by atoms with Gasteiger partial charge in [-0.3, -0.25) is 0 Å². The van der Waals surface area contributed by atoms with Crippen LogP contribution in [0.5, 0.6) is 0 Å². The summed E-state index contributed by atoms with van der Waals surface area (Å²) in [6.45, 7) is 1.73. The third kappa shape index (κ3) is 1.78. The highest BCUT2D eigenvalue weighted by Gasteiger charge is 2.09. The van der Waals surface area contributed by atoms with Gasteiger partial charge in [-0.05, 0) is 24.1 Å². The molecule has 0 aromatic heterocycles. The molecule has 1 aromatic carbocycles. The molecule has 0 spiro atoms. The second-order valence-electron chi connectivity index (χ2n) is 2.51. The fourth-order valence-electron chi connectivity index (χ4n) is 1.00. The number of rotatable bonds is 2. The quantitative estimate of drug-likeness (QED) is 0.645. The summed E-state index contributed by atoms with van der Waals surface area (Å²) in [5.41, 5.74) is 0.223. The lowest BCUT2D eigenvalue weighted by molar-refractivity contribution is 0.151. The summed E-state index contributed by atoms with van der Waals surface area (Å²) in [5, 5.41) is 0. The molecule has 0 aliphatic rings. The van der Waals surface area contributed by atoms with Crippen LogP contribution >= 0.6 is 0 Å². The Morgan fingerprint density at radius 1 is 1.33 bits per heavy atom. The zero-order chi connectivity index (χ0) is 9.14. The molecule has 0 aliphatic carbocycles. The van der Waals surface area contributed by atoms with Gasteiger partial charge in [-0.15, -0.1) is 0 Å².